The molecule has 29 heavy (non-hydrogen) atoms. The summed E-state index contributed by atoms with van der Waals surface area (Å²) in [5.74, 6) is 1.95. The quantitative estimate of drug-likeness (QED) is 0.446. The molecule has 1 atom stereocenters. The number of nitrogens with one attached hydrogen (secondary N) is 2. The average molecular weight is 400 g/mol. The second-order valence-electron chi connectivity index (χ2n) is 7.45. The molecule has 0 spiro atoms. The van der Waals surface area contributed by atoms with E-state index in [2.05, 4.69) is 36.6 Å². The van der Waals surface area contributed by atoms with Crippen LogP contribution in [0.1, 0.15) is 38.0 Å². The summed E-state index contributed by atoms with van der Waals surface area (Å²) >= 11 is 0. The van der Waals surface area contributed by atoms with E-state index < -0.39 is 6.10 Å². The van der Waals surface area contributed by atoms with Crippen molar-refractivity contribution in [3.8, 4) is 11.5 Å². The molecule has 1 unspecified atom stereocenters. The van der Waals surface area contributed by atoms with E-state index in [0.29, 0.717) is 36.1 Å². The Bertz CT molecular complexity index is 791. The molecule has 0 amide bonds. The zero-order valence-electron chi connectivity index (χ0n) is 18.0. The number of ether oxygens (including phenoxy) is 2. The van der Waals surface area contributed by atoms with Gasteiger partial charge >= 0.3 is 0 Å². The Hall–Kier alpha value is -2.73. The highest BCUT2D eigenvalue weighted by atomic mass is 16.5. The molecule has 0 aromatic heterocycles. The fourth-order valence-electron chi connectivity index (χ4n) is 3.00. The van der Waals surface area contributed by atoms with E-state index in [1.54, 1.807) is 32.4 Å². The normalized spacial score (nSPS) is 13.0. The number of nitrogens with zero attached hydrogens (tertiary/aromatic N) is 1. The van der Waals surface area contributed by atoms with Crippen molar-refractivity contribution in [1.29, 1.82) is 0 Å². The topological polar surface area (TPSA) is 75.1 Å². The minimum Gasteiger partial charge on any atom is -0.497 e. The van der Waals surface area contributed by atoms with Crippen molar-refractivity contribution in [1.82, 2.24) is 10.6 Å². The number of guanidine groups is 1. The van der Waals surface area contributed by atoms with Gasteiger partial charge in [-0.25, -0.2) is 0 Å². The summed E-state index contributed by atoms with van der Waals surface area (Å²) < 4.78 is 10.6. The number of hydrogen-bond donors (Lipinski definition) is 3. The zero-order chi connectivity index (χ0) is 21.3. The van der Waals surface area contributed by atoms with Crippen LogP contribution in [0.5, 0.6) is 11.5 Å². The number of hydrogen-bond acceptors (Lipinski definition) is 4. The molecule has 3 N–H and O–H groups in total. The van der Waals surface area contributed by atoms with Crippen LogP contribution in [0.15, 0.2) is 53.5 Å². The smallest absolute Gasteiger partial charge is 0.191 e. The molecule has 158 valence electrons. The lowest BCUT2D eigenvalue weighted by molar-refractivity contribution is 0.176. The number of aliphatic hydroxyl groups excluding tert-OH is 1. The Morgan fingerprint density at radius 3 is 2.41 bits per heavy atom. The van der Waals surface area contributed by atoms with Crippen LogP contribution in [0, 0.1) is 0 Å². The predicted molar refractivity (Wildman–Crippen MR) is 118 cm³/mol. The van der Waals surface area contributed by atoms with E-state index in [1.807, 2.05) is 25.1 Å². The molecule has 0 saturated heterocycles. The SMILES string of the molecule is CCNC(=NCC(C)(C)c1ccccc1)NCC(O)c1cc(OC)ccc1OC. The highest BCUT2D eigenvalue weighted by Gasteiger charge is 2.20. The molecular weight excluding hydrogens is 366 g/mol. The number of benzene rings is 2. The van der Waals surface area contributed by atoms with Crippen molar-refractivity contribution < 1.29 is 14.6 Å². The molecule has 6 nitrogen and oxygen atoms in total. The monoisotopic (exact) mass is 399 g/mol. The van der Waals surface area contributed by atoms with Gasteiger partial charge in [0.25, 0.3) is 0 Å². The maximum absolute atomic E-state index is 10.7. The fraction of sp³-hybridized carbons (Fsp3) is 0.435. The Balaban J connectivity index is 2.08. The lowest BCUT2D eigenvalue weighted by atomic mass is 9.85. The summed E-state index contributed by atoms with van der Waals surface area (Å²) in [6.07, 6.45) is -0.772. The van der Waals surface area contributed by atoms with E-state index in [9.17, 15) is 5.11 Å². The molecule has 2 aromatic carbocycles. The molecule has 2 rings (SSSR count). The average Bonchev–Trinajstić information content (AvgIpc) is 2.75. The molecule has 0 aliphatic heterocycles. The summed E-state index contributed by atoms with van der Waals surface area (Å²) in [7, 11) is 3.18. The Morgan fingerprint density at radius 1 is 1.07 bits per heavy atom. The highest BCUT2D eigenvalue weighted by Crippen LogP contribution is 2.29. The third-order valence-electron chi connectivity index (χ3n) is 4.79. The second-order valence-corrected chi connectivity index (χ2v) is 7.45. The van der Waals surface area contributed by atoms with Gasteiger partial charge in [-0.3, -0.25) is 4.99 Å². The first-order valence-corrected chi connectivity index (χ1v) is 9.89. The van der Waals surface area contributed by atoms with E-state index >= 15 is 0 Å². The van der Waals surface area contributed by atoms with Crippen LogP contribution < -0.4 is 20.1 Å². The van der Waals surface area contributed by atoms with Crippen molar-refractivity contribution in [2.45, 2.75) is 32.3 Å². The van der Waals surface area contributed by atoms with Gasteiger partial charge in [-0.15, -0.1) is 0 Å². The Morgan fingerprint density at radius 2 is 1.79 bits per heavy atom. The lowest BCUT2D eigenvalue weighted by Crippen LogP contribution is -2.40. The maximum Gasteiger partial charge on any atom is 0.191 e. The van der Waals surface area contributed by atoms with Crippen molar-refractivity contribution >= 4 is 5.96 Å². The van der Waals surface area contributed by atoms with E-state index in [1.165, 1.54) is 5.56 Å². The Kier molecular flexibility index (Phi) is 8.34. The summed E-state index contributed by atoms with van der Waals surface area (Å²) in [4.78, 5) is 4.73. The van der Waals surface area contributed by atoms with Crippen LogP contribution in [0.4, 0.5) is 0 Å². The lowest BCUT2D eigenvalue weighted by Gasteiger charge is -2.24. The fourth-order valence-corrected chi connectivity index (χ4v) is 3.00. The van der Waals surface area contributed by atoms with Gasteiger partial charge in [0.05, 0.1) is 26.9 Å². The Labute approximate surface area is 174 Å². The first kappa shape index (κ1) is 22.6. The predicted octanol–water partition coefficient (Wildman–Crippen LogP) is 3.27. The van der Waals surface area contributed by atoms with Gasteiger partial charge in [-0.1, -0.05) is 44.2 Å². The minimum atomic E-state index is -0.772. The largest absolute Gasteiger partial charge is 0.497 e. The van der Waals surface area contributed by atoms with E-state index in [-0.39, 0.29) is 5.41 Å². The molecule has 0 fully saturated rings. The summed E-state index contributed by atoms with van der Waals surface area (Å²) in [5, 5.41) is 17.2. The summed E-state index contributed by atoms with van der Waals surface area (Å²) in [5.41, 5.74) is 1.80. The number of aliphatic imine (C=N–C) groups is 1. The highest BCUT2D eigenvalue weighted by molar-refractivity contribution is 5.79. The van der Waals surface area contributed by atoms with E-state index in [4.69, 9.17) is 14.5 Å². The van der Waals surface area contributed by atoms with Crippen LogP contribution >= 0.6 is 0 Å². The van der Waals surface area contributed by atoms with Gasteiger partial charge < -0.3 is 25.2 Å². The van der Waals surface area contributed by atoms with Crippen LogP contribution in [0.25, 0.3) is 0 Å². The molecule has 2 aromatic rings. The summed E-state index contributed by atoms with van der Waals surface area (Å²) in [6, 6.07) is 15.7. The third-order valence-corrected chi connectivity index (χ3v) is 4.79. The zero-order valence-corrected chi connectivity index (χ0v) is 18.0. The van der Waals surface area contributed by atoms with Gasteiger partial charge in [0, 0.05) is 24.1 Å². The maximum atomic E-state index is 10.7. The number of rotatable bonds is 9. The molecule has 0 aliphatic carbocycles. The molecular formula is C23H33N3O3. The third kappa shape index (κ3) is 6.39. The van der Waals surface area contributed by atoms with Crippen LogP contribution in [-0.4, -0.2) is 44.9 Å². The molecule has 0 heterocycles. The van der Waals surface area contributed by atoms with Crippen LogP contribution in [-0.2, 0) is 5.41 Å². The number of methoxy groups -OCH3 is 2. The van der Waals surface area contributed by atoms with Gasteiger partial charge in [-0.05, 0) is 30.7 Å². The van der Waals surface area contributed by atoms with Crippen molar-refractivity contribution in [2.24, 2.45) is 4.99 Å². The van der Waals surface area contributed by atoms with Crippen LogP contribution in [0.3, 0.4) is 0 Å². The number of aliphatic hydroxyl groups is 1. The van der Waals surface area contributed by atoms with Gasteiger partial charge in [0.1, 0.15) is 11.5 Å². The second kappa shape index (κ2) is 10.7. The first-order chi connectivity index (χ1) is 13.9. The van der Waals surface area contributed by atoms with Crippen molar-refractivity contribution in [3.05, 3.63) is 59.7 Å². The molecule has 0 bridgehead atoms. The molecule has 0 saturated carbocycles. The first-order valence-electron chi connectivity index (χ1n) is 9.89. The van der Waals surface area contributed by atoms with Crippen LogP contribution in [0.2, 0.25) is 0 Å². The minimum absolute atomic E-state index is 0.0990. The van der Waals surface area contributed by atoms with Gasteiger partial charge in [0.15, 0.2) is 5.96 Å². The van der Waals surface area contributed by atoms with Gasteiger partial charge in [0.2, 0.25) is 0 Å². The molecule has 0 radical (unpaired) electrons. The van der Waals surface area contributed by atoms with E-state index in [0.717, 1.165) is 6.54 Å². The molecule has 0 aliphatic rings. The summed E-state index contributed by atoms with van der Waals surface area (Å²) in [6.45, 7) is 8.00. The van der Waals surface area contributed by atoms with Crippen molar-refractivity contribution in [2.75, 3.05) is 33.9 Å². The van der Waals surface area contributed by atoms with Crippen molar-refractivity contribution in [3.63, 3.8) is 0 Å². The van der Waals surface area contributed by atoms with Gasteiger partial charge in [-0.2, -0.15) is 0 Å². The molecule has 6 heteroatoms. The standard InChI is InChI=1S/C23H33N3O3/c1-6-24-22(26-16-23(2,3)17-10-8-7-9-11-17)25-15-20(27)19-14-18(28-4)12-13-21(19)29-5/h7-14,20,27H,6,15-16H2,1-5H3,(H2,24,25,26).